The first-order chi connectivity index (χ1) is 10.1. The van der Waals surface area contributed by atoms with Crippen molar-refractivity contribution in [3.63, 3.8) is 0 Å². The largest absolute Gasteiger partial charge is 0.299 e. The Balaban J connectivity index is 1.54. The molecule has 0 amide bonds. The molecule has 0 spiro atoms. The van der Waals surface area contributed by atoms with Crippen LogP contribution < -0.4 is 0 Å². The summed E-state index contributed by atoms with van der Waals surface area (Å²) >= 11 is 5.93. The van der Waals surface area contributed by atoms with Gasteiger partial charge in [0.05, 0.1) is 0 Å². The SMILES string of the molecule is O=C(Cc1cc(Cl)ccc1F)C1C2CC3CC(C2)CC1C3. The monoisotopic (exact) mass is 306 g/mol. The van der Waals surface area contributed by atoms with Crippen molar-refractivity contribution in [3.8, 4) is 0 Å². The van der Waals surface area contributed by atoms with Crippen molar-refractivity contribution in [1.29, 1.82) is 0 Å². The van der Waals surface area contributed by atoms with E-state index in [4.69, 9.17) is 11.6 Å². The second-order valence-corrected chi connectivity index (χ2v) is 7.77. The lowest BCUT2D eigenvalue weighted by molar-refractivity contribution is -0.135. The van der Waals surface area contributed by atoms with E-state index in [9.17, 15) is 9.18 Å². The Morgan fingerprint density at radius 1 is 1.10 bits per heavy atom. The van der Waals surface area contributed by atoms with Gasteiger partial charge in [0.15, 0.2) is 0 Å². The fraction of sp³-hybridized carbons (Fsp3) is 0.611. The Morgan fingerprint density at radius 3 is 2.33 bits per heavy atom. The topological polar surface area (TPSA) is 17.1 Å². The number of carbonyl (C=O) groups is 1. The number of benzene rings is 1. The van der Waals surface area contributed by atoms with Gasteiger partial charge in [0, 0.05) is 17.4 Å². The van der Waals surface area contributed by atoms with Crippen LogP contribution in [0.1, 0.15) is 37.7 Å². The molecule has 0 aromatic heterocycles. The third-order valence-corrected chi connectivity index (χ3v) is 6.21. The van der Waals surface area contributed by atoms with Crippen molar-refractivity contribution in [2.45, 2.75) is 38.5 Å². The molecule has 0 N–H and O–H groups in total. The van der Waals surface area contributed by atoms with E-state index in [2.05, 4.69) is 0 Å². The van der Waals surface area contributed by atoms with Crippen LogP contribution in [0.25, 0.3) is 0 Å². The molecular formula is C18H20ClFO. The van der Waals surface area contributed by atoms with Gasteiger partial charge >= 0.3 is 0 Å². The minimum absolute atomic E-state index is 0.177. The molecule has 1 aromatic carbocycles. The van der Waals surface area contributed by atoms with Crippen LogP contribution in [0, 0.1) is 35.4 Å². The van der Waals surface area contributed by atoms with Gasteiger partial charge in [-0.25, -0.2) is 4.39 Å². The predicted octanol–water partition coefficient (Wildman–Crippen LogP) is 4.66. The summed E-state index contributed by atoms with van der Waals surface area (Å²) in [7, 11) is 0. The normalized spacial score (nSPS) is 37.0. The van der Waals surface area contributed by atoms with Gasteiger partial charge in [0.1, 0.15) is 11.6 Å². The maximum atomic E-state index is 13.8. The second kappa shape index (κ2) is 5.08. The third kappa shape index (κ3) is 2.42. The summed E-state index contributed by atoms with van der Waals surface area (Å²) in [6.45, 7) is 0. The summed E-state index contributed by atoms with van der Waals surface area (Å²) in [5.74, 6) is 2.96. The molecule has 0 atom stereocenters. The number of halogens is 2. The van der Waals surface area contributed by atoms with Gasteiger partial charge in [0.25, 0.3) is 0 Å². The molecule has 5 rings (SSSR count). The molecule has 4 saturated carbocycles. The molecule has 1 aromatic rings. The lowest BCUT2D eigenvalue weighted by Gasteiger charge is -2.53. The summed E-state index contributed by atoms with van der Waals surface area (Å²) in [4.78, 5) is 12.8. The zero-order valence-corrected chi connectivity index (χ0v) is 12.8. The molecule has 0 saturated heterocycles. The zero-order valence-electron chi connectivity index (χ0n) is 12.0. The highest BCUT2D eigenvalue weighted by atomic mass is 35.5. The number of carbonyl (C=O) groups excluding carboxylic acids is 1. The minimum atomic E-state index is -0.309. The van der Waals surface area contributed by atoms with Gasteiger partial charge in [-0.3, -0.25) is 4.79 Å². The van der Waals surface area contributed by atoms with Gasteiger partial charge in [-0.15, -0.1) is 0 Å². The van der Waals surface area contributed by atoms with Crippen molar-refractivity contribution >= 4 is 17.4 Å². The molecule has 4 aliphatic rings. The van der Waals surface area contributed by atoms with E-state index in [-0.39, 0.29) is 23.9 Å². The molecule has 0 heterocycles. The average molecular weight is 307 g/mol. The molecular weight excluding hydrogens is 287 g/mol. The van der Waals surface area contributed by atoms with E-state index in [0.29, 0.717) is 22.4 Å². The van der Waals surface area contributed by atoms with Crippen molar-refractivity contribution in [2.75, 3.05) is 0 Å². The van der Waals surface area contributed by atoms with Crippen LogP contribution in [0.5, 0.6) is 0 Å². The van der Waals surface area contributed by atoms with Crippen LogP contribution in [0.15, 0.2) is 18.2 Å². The number of hydrogen-bond acceptors (Lipinski definition) is 1. The number of hydrogen-bond donors (Lipinski definition) is 0. The van der Waals surface area contributed by atoms with Crippen molar-refractivity contribution in [2.24, 2.45) is 29.6 Å². The highest BCUT2D eigenvalue weighted by Crippen LogP contribution is 2.56. The van der Waals surface area contributed by atoms with E-state index in [1.807, 2.05) is 0 Å². The molecule has 21 heavy (non-hydrogen) atoms. The lowest BCUT2D eigenvalue weighted by atomic mass is 9.51. The Labute approximate surface area is 129 Å². The summed E-state index contributed by atoms with van der Waals surface area (Å²) in [6, 6.07) is 4.50. The Hall–Kier alpha value is -0.890. The Morgan fingerprint density at radius 2 is 1.71 bits per heavy atom. The van der Waals surface area contributed by atoms with Crippen LogP contribution in [-0.4, -0.2) is 5.78 Å². The maximum Gasteiger partial charge on any atom is 0.140 e. The van der Waals surface area contributed by atoms with Crippen LogP contribution >= 0.6 is 11.6 Å². The Kier molecular flexibility index (Phi) is 3.33. The maximum absolute atomic E-state index is 13.8. The average Bonchev–Trinajstić information content (AvgIpc) is 2.41. The van der Waals surface area contributed by atoms with E-state index >= 15 is 0 Å². The van der Waals surface area contributed by atoms with Crippen molar-refractivity contribution in [3.05, 3.63) is 34.6 Å². The first kappa shape index (κ1) is 13.8. The zero-order chi connectivity index (χ0) is 14.6. The van der Waals surface area contributed by atoms with Gasteiger partial charge in [-0.05, 0) is 79.5 Å². The van der Waals surface area contributed by atoms with Gasteiger partial charge in [-0.2, -0.15) is 0 Å². The first-order valence-corrected chi connectivity index (χ1v) is 8.44. The molecule has 4 aliphatic carbocycles. The van der Waals surface area contributed by atoms with Gasteiger partial charge in [0.2, 0.25) is 0 Å². The first-order valence-electron chi connectivity index (χ1n) is 8.07. The van der Waals surface area contributed by atoms with E-state index < -0.39 is 0 Å². The molecule has 1 nitrogen and oxygen atoms in total. The molecule has 3 heteroatoms. The van der Waals surface area contributed by atoms with Crippen molar-refractivity contribution in [1.82, 2.24) is 0 Å². The number of rotatable bonds is 3. The van der Waals surface area contributed by atoms with Crippen molar-refractivity contribution < 1.29 is 9.18 Å². The fourth-order valence-corrected chi connectivity index (χ4v) is 5.63. The third-order valence-electron chi connectivity index (χ3n) is 5.97. The predicted molar refractivity (Wildman–Crippen MR) is 80.7 cm³/mol. The van der Waals surface area contributed by atoms with Crippen LogP contribution in [0.2, 0.25) is 5.02 Å². The smallest absolute Gasteiger partial charge is 0.140 e. The molecule has 4 fully saturated rings. The molecule has 0 unspecified atom stereocenters. The van der Waals surface area contributed by atoms with Gasteiger partial charge in [-0.1, -0.05) is 11.6 Å². The fourth-order valence-electron chi connectivity index (χ4n) is 5.44. The number of Topliss-reactive ketones (excluding diaryl/α,β-unsaturated/α-hetero) is 1. The standard InChI is InChI=1S/C18H20ClFO/c19-15-1-2-16(20)12(8-15)9-17(21)18-13-4-10-3-11(6-13)7-14(18)5-10/h1-2,8,10-11,13-14,18H,3-7,9H2. The van der Waals surface area contributed by atoms with Gasteiger partial charge < -0.3 is 0 Å². The molecule has 0 aliphatic heterocycles. The summed E-state index contributed by atoms with van der Waals surface area (Å²) < 4.78 is 13.8. The molecule has 4 bridgehead atoms. The summed E-state index contributed by atoms with van der Waals surface area (Å²) in [5.41, 5.74) is 0.460. The van der Waals surface area contributed by atoms with Crippen LogP contribution in [0.4, 0.5) is 4.39 Å². The highest BCUT2D eigenvalue weighted by Gasteiger charge is 2.50. The highest BCUT2D eigenvalue weighted by molar-refractivity contribution is 6.30. The molecule has 0 radical (unpaired) electrons. The Bertz CT molecular complexity index is 555. The summed E-state index contributed by atoms with van der Waals surface area (Å²) in [5, 5.41) is 0.504. The van der Waals surface area contributed by atoms with E-state index in [1.165, 1.54) is 44.2 Å². The van der Waals surface area contributed by atoms with E-state index in [1.54, 1.807) is 6.07 Å². The molecule has 112 valence electrons. The van der Waals surface area contributed by atoms with Crippen LogP contribution in [-0.2, 0) is 11.2 Å². The number of ketones is 1. The quantitative estimate of drug-likeness (QED) is 0.793. The second-order valence-electron chi connectivity index (χ2n) is 7.34. The lowest BCUT2D eigenvalue weighted by Crippen LogP contribution is -2.48. The van der Waals surface area contributed by atoms with E-state index in [0.717, 1.165) is 11.8 Å². The van der Waals surface area contributed by atoms with Crippen LogP contribution in [0.3, 0.4) is 0 Å². The minimum Gasteiger partial charge on any atom is -0.299 e. The summed E-state index contributed by atoms with van der Waals surface area (Å²) in [6.07, 6.45) is 6.49.